The zero-order valence-electron chi connectivity index (χ0n) is 12.0. The summed E-state index contributed by atoms with van der Waals surface area (Å²) in [6, 6.07) is 1.57. The number of rotatable bonds is 2. The average molecular weight is 288 g/mol. The molecule has 8 heteroatoms. The van der Waals surface area contributed by atoms with Crippen LogP contribution < -0.4 is 4.90 Å². The number of carbonyl (C=O) groups excluding carboxylic acids is 1. The van der Waals surface area contributed by atoms with E-state index in [1.54, 1.807) is 11.0 Å². The summed E-state index contributed by atoms with van der Waals surface area (Å²) < 4.78 is 4.71. The minimum Gasteiger partial charge on any atom is -0.364 e. The zero-order valence-corrected chi connectivity index (χ0v) is 12.0. The molecule has 0 bridgehead atoms. The van der Waals surface area contributed by atoms with E-state index < -0.39 is 0 Å². The summed E-state index contributed by atoms with van der Waals surface area (Å²) in [5.41, 5.74) is 2.05. The van der Waals surface area contributed by atoms with Crippen molar-refractivity contribution in [1.82, 2.24) is 25.2 Å². The number of aryl methyl sites for hydroxylation is 2. The number of aromatic nitrogens is 4. The number of hydrogen-bond donors (Lipinski definition) is 0. The smallest absolute Gasteiger partial charge is 0.276 e. The predicted octanol–water partition coefficient (Wildman–Crippen LogP) is 0.439. The first-order valence-electron chi connectivity index (χ1n) is 6.77. The van der Waals surface area contributed by atoms with E-state index in [-0.39, 0.29) is 5.91 Å². The third-order valence-electron chi connectivity index (χ3n) is 3.59. The Balaban J connectivity index is 1.65. The highest BCUT2D eigenvalue weighted by atomic mass is 16.5. The summed E-state index contributed by atoms with van der Waals surface area (Å²) in [7, 11) is 0. The zero-order chi connectivity index (χ0) is 14.8. The van der Waals surface area contributed by atoms with Gasteiger partial charge in [0.1, 0.15) is 6.26 Å². The molecule has 1 amide bonds. The van der Waals surface area contributed by atoms with Crippen LogP contribution in [0.1, 0.15) is 21.9 Å². The maximum Gasteiger partial charge on any atom is 0.276 e. The minimum atomic E-state index is -0.109. The van der Waals surface area contributed by atoms with Crippen molar-refractivity contribution < 1.29 is 9.32 Å². The third kappa shape index (κ3) is 2.69. The van der Waals surface area contributed by atoms with Gasteiger partial charge in [0.2, 0.25) is 5.95 Å². The Morgan fingerprint density at radius 2 is 1.90 bits per heavy atom. The number of piperazine rings is 1. The van der Waals surface area contributed by atoms with Gasteiger partial charge < -0.3 is 14.3 Å². The maximum absolute atomic E-state index is 12.1. The van der Waals surface area contributed by atoms with Crippen LogP contribution >= 0.6 is 0 Å². The molecule has 0 atom stereocenters. The molecule has 2 aromatic heterocycles. The van der Waals surface area contributed by atoms with Gasteiger partial charge in [-0.3, -0.25) is 4.79 Å². The van der Waals surface area contributed by atoms with Crippen LogP contribution in [-0.4, -0.2) is 57.3 Å². The fourth-order valence-corrected chi connectivity index (χ4v) is 2.17. The summed E-state index contributed by atoms with van der Waals surface area (Å²) >= 11 is 0. The molecule has 0 spiro atoms. The average Bonchev–Trinajstić information content (AvgIpc) is 3.04. The van der Waals surface area contributed by atoms with Crippen molar-refractivity contribution in [1.29, 1.82) is 0 Å². The van der Waals surface area contributed by atoms with Crippen LogP contribution in [-0.2, 0) is 0 Å². The predicted molar refractivity (Wildman–Crippen MR) is 73.9 cm³/mol. The maximum atomic E-state index is 12.1. The number of carbonyl (C=O) groups is 1. The van der Waals surface area contributed by atoms with Crippen molar-refractivity contribution in [3.63, 3.8) is 0 Å². The highest BCUT2D eigenvalue weighted by Gasteiger charge is 2.25. The molecule has 3 rings (SSSR count). The molecular weight excluding hydrogens is 272 g/mol. The molecule has 110 valence electrons. The van der Waals surface area contributed by atoms with Crippen LogP contribution in [0.3, 0.4) is 0 Å². The molecule has 0 aliphatic carbocycles. The second-order valence-corrected chi connectivity index (χ2v) is 4.95. The first-order chi connectivity index (χ1) is 10.1. The Morgan fingerprint density at radius 1 is 1.14 bits per heavy atom. The Labute approximate surface area is 121 Å². The molecule has 8 nitrogen and oxygen atoms in total. The lowest BCUT2D eigenvalue weighted by Crippen LogP contribution is -2.49. The van der Waals surface area contributed by atoms with Gasteiger partial charge in [-0.25, -0.2) is 4.98 Å². The summed E-state index contributed by atoms with van der Waals surface area (Å²) in [6.07, 6.45) is 1.40. The Kier molecular flexibility index (Phi) is 3.51. The van der Waals surface area contributed by atoms with Crippen LogP contribution in [0, 0.1) is 13.8 Å². The van der Waals surface area contributed by atoms with Gasteiger partial charge in [0, 0.05) is 32.2 Å². The number of hydrogen-bond acceptors (Lipinski definition) is 7. The van der Waals surface area contributed by atoms with E-state index in [9.17, 15) is 4.79 Å². The molecule has 0 aromatic carbocycles. The lowest BCUT2D eigenvalue weighted by atomic mass is 10.3. The van der Waals surface area contributed by atoms with Gasteiger partial charge in [0.15, 0.2) is 5.69 Å². The largest absolute Gasteiger partial charge is 0.364 e. The Hall–Kier alpha value is -2.51. The van der Waals surface area contributed by atoms with E-state index >= 15 is 0 Å². The lowest BCUT2D eigenvalue weighted by Gasteiger charge is -2.34. The van der Waals surface area contributed by atoms with Gasteiger partial charge in [-0.15, -0.1) is 5.10 Å². The summed E-state index contributed by atoms with van der Waals surface area (Å²) in [4.78, 5) is 20.4. The minimum absolute atomic E-state index is 0.109. The van der Waals surface area contributed by atoms with E-state index in [2.05, 4.69) is 20.3 Å². The quantitative estimate of drug-likeness (QED) is 0.792. The SMILES string of the molecule is Cc1nnc(N2CCN(C(=O)c3ccon3)CC2)nc1C. The van der Waals surface area contributed by atoms with Crippen LogP contribution in [0.2, 0.25) is 0 Å². The van der Waals surface area contributed by atoms with Gasteiger partial charge in [-0.05, 0) is 13.8 Å². The number of nitrogens with zero attached hydrogens (tertiary/aromatic N) is 6. The van der Waals surface area contributed by atoms with Crippen molar-refractivity contribution in [2.24, 2.45) is 0 Å². The molecule has 1 fully saturated rings. The molecule has 0 N–H and O–H groups in total. The van der Waals surface area contributed by atoms with Crippen molar-refractivity contribution >= 4 is 11.9 Å². The Bertz CT molecular complexity index is 634. The molecule has 0 unspecified atom stereocenters. The van der Waals surface area contributed by atoms with E-state index in [0.29, 0.717) is 37.8 Å². The van der Waals surface area contributed by atoms with E-state index in [0.717, 1.165) is 11.4 Å². The number of amides is 1. The van der Waals surface area contributed by atoms with E-state index in [1.807, 2.05) is 18.7 Å². The van der Waals surface area contributed by atoms with Gasteiger partial charge >= 0.3 is 0 Å². The van der Waals surface area contributed by atoms with Crippen molar-refractivity contribution in [3.05, 3.63) is 29.4 Å². The van der Waals surface area contributed by atoms with Crippen LogP contribution in [0.25, 0.3) is 0 Å². The summed E-state index contributed by atoms with van der Waals surface area (Å²) in [6.45, 7) is 6.34. The van der Waals surface area contributed by atoms with Crippen molar-refractivity contribution in [2.45, 2.75) is 13.8 Å². The number of anilines is 1. The molecule has 21 heavy (non-hydrogen) atoms. The Morgan fingerprint density at radius 3 is 2.52 bits per heavy atom. The fraction of sp³-hybridized carbons (Fsp3) is 0.462. The molecule has 2 aromatic rings. The topological polar surface area (TPSA) is 88.3 Å². The first kappa shape index (κ1) is 13.5. The van der Waals surface area contributed by atoms with Gasteiger partial charge in [-0.2, -0.15) is 5.10 Å². The molecule has 1 saturated heterocycles. The third-order valence-corrected chi connectivity index (χ3v) is 3.59. The molecule has 1 aliphatic heterocycles. The van der Waals surface area contributed by atoms with Gasteiger partial charge in [0.05, 0.1) is 11.4 Å². The van der Waals surface area contributed by atoms with Gasteiger partial charge in [-0.1, -0.05) is 5.16 Å². The molecule has 1 aliphatic rings. The highest BCUT2D eigenvalue weighted by molar-refractivity contribution is 5.92. The summed E-state index contributed by atoms with van der Waals surface area (Å²) in [5.74, 6) is 0.508. The normalized spacial score (nSPS) is 15.3. The van der Waals surface area contributed by atoms with E-state index in [1.165, 1.54) is 6.26 Å². The fourth-order valence-electron chi connectivity index (χ4n) is 2.17. The summed E-state index contributed by atoms with van der Waals surface area (Å²) in [5, 5.41) is 11.9. The standard InChI is InChI=1S/C13H16N6O2/c1-9-10(2)15-16-13(14-9)19-6-4-18(5-7-19)12(20)11-3-8-21-17-11/h3,8H,4-7H2,1-2H3. The van der Waals surface area contributed by atoms with Crippen LogP contribution in [0.5, 0.6) is 0 Å². The molecule has 0 radical (unpaired) electrons. The molecule has 3 heterocycles. The monoisotopic (exact) mass is 288 g/mol. The first-order valence-corrected chi connectivity index (χ1v) is 6.77. The second kappa shape index (κ2) is 5.47. The van der Waals surface area contributed by atoms with Crippen molar-refractivity contribution in [3.8, 4) is 0 Å². The van der Waals surface area contributed by atoms with Crippen LogP contribution in [0.15, 0.2) is 16.9 Å². The van der Waals surface area contributed by atoms with E-state index in [4.69, 9.17) is 4.52 Å². The van der Waals surface area contributed by atoms with Crippen molar-refractivity contribution in [2.75, 3.05) is 31.1 Å². The lowest BCUT2D eigenvalue weighted by molar-refractivity contribution is 0.0735. The van der Waals surface area contributed by atoms with Gasteiger partial charge in [0.25, 0.3) is 5.91 Å². The van der Waals surface area contributed by atoms with Crippen LogP contribution in [0.4, 0.5) is 5.95 Å². The molecule has 0 saturated carbocycles. The highest BCUT2D eigenvalue weighted by Crippen LogP contribution is 2.13. The second-order valence-electron chi connectivity index (χ2n) is 4.95. The molecular formula is C13H16N6O2.